The number of hydrogen-bond acceptors (Lipinski definition) is 4. The molecule has 1 aromatic carbocycles. The molecule has 0 radical (unpaired) electrons. The first-order valence-corrected chi connectivity index (χ1v) is 9.06. The molecule has 0 atom stereocenters. The van der Waals surface area contributed by atoms with Crippen molar-refractivity contribution in [3.8, 4) is 6.07 Å². The maximum absolute atomic E-state index is 12.3. The second kappa shape index (κ2) is 7.58. The van der Waals surface area contributed by atoms with Gasteiger partial charge in [0.25, 0.3) is 0 Å². The van der Waals surface area contributed by atoms with E-state index in [2.05, 4.69) is 26.1 Å². The minimum Gasteiger partial charge on any atom is -0.310 e. The maximum Gasteiger partial charge on any atom is 0.179 e. The Morgan fingerprint density at radius 2 is 1.81 bits per heavy atom. The zero-order valence-corrected chi connectivity index (χ0v) is 13.8. The number of hydrogen-bond donors (Lipinski definition) is 1. The van der Waals surface area contributed by atoms with Crippen LogP contribution in [-0.2, 0) is 9.84 Å². The van der Waals surface area contributed by atoms with Crippen molar-refractivity contribution in [3.63, 3.8) is 0 Å². The van der Waals surface area contributed by atoms with Gasteiger partial charge in [-0.25, -0.2) is 8.42 Å². The smallest absolute Gasteiger partial charge is 0.179 e. The van der Waals surface area contributed by atoms with Crippen molar-refractivity contribution in [1.29, 1.82) is 5.26 Å². The summed E-state index contributed by atoms with van der Waals surface area (Å²) in [5.74, 6) is 0.0453. The Morgan fingerprint density at radius 1 is 1.19 bits per heavy atom. The summed E-state index contributed by atoms with van der Waals surface area (Å²) in [6, 6.07) is 8.15. The maximum atomic E-state index is 12.3. The van der Waals surface area contributed by atoms with Gasteiger partial charge in [-0.2, -0.15) is 5.26 Å². The number of nitriles is 1. The van der Waals surface area contributed by atoms with Crippen LogP contribution in [-0.4, -0.2) is 26.3 Å². The predicted molar refractivity (Wildman–Crippen MR) is 84.8 cm³/mol. The van der Waals surface area contributed by atoms with E-state index in [0.29, 0.717) is 12.1 Å². The molecule has 0 aliphatic rings. The van der Waals surface area contributed by atoms with Gasteiger partial charge in [0.1, 0.15) is 0 Å². The molecule has 0 unspecified atom stereocenters. The molecule has 1 N–H and O–H groups in total. The fourth-order valence-corrected chi connectivity index (χ4v) is 3.65. The van der Waals surface area contributed by atoms with Crippen LogP contribution in [0.25, 0.3) is 0 Å². The minimum atomic E-state index is -3.35. The fourth-order valence-electron chi connectivity index (χ4n) is 2.45. The molecule has 1 rings (SSSR count). The second-order valence-corrected chi connectivity index (χ2v) is 7.34. The molecule has 0 fully saturated rings. The van der Waals surface area contributed by atoms with E-state index in [1.807, 2.05) is 6.07 Å². The molecule has 0 aliphatic heterocycles. The average molecular weight is 308 g/mol. The SMILES string of the molecule is CCC(CC)(CC)NCCS(=O)(=O)c1cccc(C#N)c1. The highest BCUT2D eigenvalue weighted by Crippen LogP contribution is 2.19. The summed E-state index contributed by atoms with van der Waals surface area (Å²) >= 11 is 0. The van der Waals surface area contributed by atoms with Crippen LogP contribution < -0.4 is 5.32 Å². The molecule has 1 aromatic rings. The first kappa shape index (κ1) is 17.7. The van der Waals surface area contributed by atoms with Crippen LogP contribution >= 0.6 is 0 Å². The van der Waals surface area contributed by atoms with E-state index >= 15 is 0 Å². The third kappa shape index (κ3) is 4.55. The van der Waals surface area contributed by atoms with Gasteiger partial charge >= 0.3 is 0 Å². The summed E-state index contributed by atoms with van der Waals surface area (Å²) in [5.41, 5.74) is 0.387. The van der Waals surface area contributed by atoms with Crippen molar-refractivity contribution in [2.45, 2.75) is 50.5 Å². The van der Waals surface area contributed by atoms with Crippen LogP contribution in [0.15, 0.2) is 29.2 Å². The third-order valence-electron chi connectivity index (χ3n) is 4.22. The van der Waals surface area contributed by atoms with Gasteiger partial charge in [0.15, 0.2) is 9.84 Å². The Hall–Kier alpha value is -1.38. The summed E-state index contributed by atoms with van der Waals surface area (Å²) in [7, 11) is -3.35. The normalized spacial score (nSPS) is 12.1. The van der Waals surface area contributed by atoms with Crippen molar-refractivity contribution in [3.05, 3.63) is 29.8 Å². The number of nitrogens with one attached hydrogen (secondary N) is 1. The molecule has 0 amide bonds. The average Bonchev–Trinajstić information content (AvgIpc) is 2.52. The molecular weight excluding hydrogens is 284 g/mol. The van der Waals surface area contributed by atoms with E-state index in [0.717, 1.165) is 19.3 Å². The van der Waals surface area contributed by atoms with Crippen LogP contribution in [0.4, 0.5) is 0 Å². The van der Waals surface area contributed by atoms with E-state index < -0.39 is 9.84 Å². The van der Waals surface area contributed by atoms with Crippen LogP contribution in [0.3, 0.4) is 0 Å². The van der Waals surface area contributed by atoms with Crippen molar-refractivity contribution >= 4 is 9.84 Å². The van der Waals surface area contributed by atoms with E-state index in [1.54, 1.807) is 18.2 Å². The van der Waals surface area contributed by atoms with Gasteiger partial charge < -0.3 is 5.32 Å². The fraction of sp³-hybridized carbons (Fsp3) is 0.562. The van der Waals surface area contributed by atoms with Crippen LogP contribution in [0, 0.1) is 11.3 Å². The third-order valence-corrected chi connectivity index (χ3v) is 5.94. The van der Waals surface area contributed by atoms with Gasteiger partial charge in [-0.3, -0.25) is 0 Å². The lowest BCUT2D eigenvalue weighted by molar-refractivity contribution is 0.297. The molecule has 0 spiro atoms. The first-order valence-electron chi connectivity index (χ1n) is 7.41. The lowest BCUT2D eigenvalue weighted by Crippen LogP contribution is -2.45. The van der Waals surface area contributed by atoms with Crippen molar-refractivity contribution in [1.82, 2.24) is 5.32 Å². The van der Waals surface area contributed by atoms with E-state index in [9.17, 15) is 8.42 Å². The molecular formula is C16H24N2O2S. The van der Waals surface area contributed by atoms with Gasteiger partial charge in [0, 0.05) is 12.1 Å². The number of benzene rings is 1. The molecule has 0 saturated heterocycles. The van der Waals surface area contributed by atoms with Gasteiger partial charge in [-0.05, 0) is 37.5 Å². The summed E-state index contributed by atoms with van der Waals surface area (Å²) < 4.78 is 24.6. The monoisotopic (exact) mass is 308 g/mol. The van der Waals surface area contributed by atoms with E-state index in [4.69, 9.17) is 5.26 Å². The molecule has 5 heteroatoms. The summed E-state index contributed by atoms with van der Waals surface area (Å²) in [6.45, 7) is 6.77. The molecule has 4 nitrogen and oxygen atoms in total. The van der Waals surface area contributed by atoms with Crippen LogP contribution in [0.2, 0.25) is 0 Å². The first-order chi connectivity index (χ1) is 9.93. The summed E-state index contributed by atoms with van der Waals surface area (Å²) in [5, 5.41) is 12.2. The molecule has 0 aliphatic carbocycles. The molecule has 0 aromatic heterocycles. The quantitative estimate of drug-likeness (QED) is 0.801. The standard InChI is InChI=1S/C16H24N2O2S/c1-4-16(5-2,6-3)18-10-11-21(19,20)15-9-7-8-14(12-15)13-17/h7-9,12,18H,4-6,10-11H2,1-3H3. The van der Waals surface area contributed by atoms with Gasteiger partial charge in [0.05, 0.1) is 22.3 Å². The number of nitrogens with zero attached hydrogens (tertiary/aromatic N) is 1. The Morgan fingerprint density at radius 3 is 2.33 bits per heavy atom. The zero-order valence-electron chi connectivity index (χ0n) is 13.0. The lowest BCUT2D eigenvalue weighted by Gasteiger charge is -2.32. The van der Waals surface area contributed by atoms with E-state index in [1.165, 1.54) is 6.07 Å². The van der Waals surface area contributed by atoms with Gasteiger partial charge in [0.2, 0.25) is 0 Å². The molecule has 0 heterocycles. The Kier molecular flexibility index (Phi) is 6.38. The highest BCUT2D eigenvalue weighted by atomic mass is 32.2. The van der Waals surface area contributed by atoms with Crippen molar-refractivity contribution in [2.24, 2.45) is 0 Å². The largest absolute Gasteiger partial charge is 0.310 e. The van der Waals surface area contributed by atoms with Crippen molar-refractivity contribution < 1.29 is 8.42 Å². The van der Waals surface area contributed by atoms with Crippen LogP contribution in [0.5, 0.6) is 0 Å². The molecule has 0 saturated carbocycles. The predicted octanol–water partition coefficient (Wildman–Crippen LogP) is 2.89. The van der Waals surface area contributed by atoms with Gasteiger partial charge in [-0.1, -0.05) is 26.8 Å². The molecule has 0 bridgehead atoms. The van der Waals surface area contributed by atoms with Gasteiger partial charge in [-0.15, -0.1) is 0 Å². The summed E-state index contributed by atoms with van der Waals surface area (Å²) in [6.07, 6.45) is 2.93. The lowest BCUT2D eigenvalue weighted by atomic mass is 9.90. The number of sulfone groups is 1. The van der Waals surface area contributed by atoms with E-state index in [-0.39, 0.29) is 16.2 Å². The minimum absolute atomic E-state index is 0.0179. The second-order valence-electron chi connectivity index (χ2n) is 5.23. The molecule has 21 heavy (non-hydrogen) atoms. The summed E-state index contributed by atoms with van der Waals surface area (Å²) in [4.78, 5) is 0.221. The van der Waals surface area contributed by atoms with Crippen molar-refractivity contribution in [2.75, 3.05) is 12.3 Å². The molecule has 116 valence electrons. The Labute approximate surface area is 128 Å². The Balaban J connectivity index is 2.76. The topological polar surface area (TPSA) is 70.0 Å². The highest BCUT2D eigenvalue weighted by Gasteiger charge is 2.24. The Bertz CT molecular complexity index is 591. The number of rotatable bonds is 8. The van der Waals surface area contributed by atoms with Crippen LogP contribution in [0.1, 0.15) is 45.6 Å². The highest BCUT2D eigenvalue weighted by molar-refractivity contribution is 7.91. The zero-order chi connectivity index (χ0) is 15.9.